The van der Waals surface area contributed by atoms with Crippen molar-refractivity contribution < 1.29 is 9.59 Å². The minimum Gasteiger partial charge on any atom is -0.299 e. The summed E-state index contributed by atoms with van der Waals surface area (Å²) in [5, 5.41) is 2.23. The summed E-state index contributed by atoms with van der Waals surface area (Å²) >= 11 is 0. The lowest BCUT2D eigenvalue weighted by Gasteiger charge is -2.14. The molecule has 0 bridgehead atoms. The van der Waals surface area contributed by atoms with E-state index in [1.807, 2.05) is 30.3 Å². The Labute approximate surface area is 95.9 Å². The fourth-order valence-corrected chi connectivity index (χ4v) is 1.70. The van der Waals surface area contributed by atoms with E-state index in [1.165, 1.54) is 0 Å². The first-order chi connectivity index (χ1) is 7.79. The maximum Gasteiger partial charge on any atom is 0.233 e. The van der Waals surface area contributed by atoms with Crippen LogP contribution in [0.3, 0.4) is 0 Å². The van der Waals surface area contributed by atoms with Crippen LogP contribution in [-0.4, -0.2) is 12.3 Å². The molecule has 0 heterocycles. The molecule has 3 heteroatoms. The molecule has 1 aromatic carbocycles. The van der Waals surface area contributed by atoms with Crippen LogP contribution in [0.2, 0.25) is 0 Å². The lowest BCUT2D eigenvalue weighted by Crippen LogP contribution is -2.28. The molecule has 2 amide bonds. The number of hydrogen-bond donors (Lipinski definition) is 1. The number of hydrogen-bond acceptors (Lipinski definition) is 2. The Hall–Kier alpha value is -1.64. The Bertz CT molecular complexity index is 335. The summed E-state index contributed by atoms with van der Waals surface area (Å²) in [5.74, 6) is -0.430. The molecule has 1 rings (SSSR count). The molecular formula is C13H17NO2. The molecule has 0 fully saturated rings. The molecule has 1 aromatic rings. The quantitative estimate of drug-likeness (QED) is 0.746. The summed E-state index contributed by atoms with van der Waals surface area (Å²) in [6.45, 7) is 2.08. The zero-order valence-electron chi connectivity index (χ0n) is 9.48. The van der Waals surface area contributed by atoms with E-state index >= 15 is 0 Å². The first kappa shape index (κ1) is 12.4. The Morgan fingerprint density at radius 1 is 1.38 bits per heavy atom. The van der Waals surface area contributed by atoms with Crippen LogP contribution in [0, 0.1) is 0 Å². The van der Waals surface area contributed by atoms with Gasteiger partial charge in [0.2, 0.25) is 12.3 Å². The van der Waals surface area contributed by atoms with Crippen LogP contribution in [0.5, 0.6) is 0 Å². The number of benzene rings is 1. The average Bonchev–Trinajstić information content (AvgIpc) is 2.31. The van der Waals surface area contributed by atoms with Gasteiger partial charge in [-0.25, -0.2) is 0 Å². The highest BCUT2D eigenvalue weighted by Crippen LogP contribution is 2.21. The van der Waals surface area contributed by atoms with E-state index in [1.54, 1.807) is 0 Å². The minimum atomic E-state index is -0.216. The van der Waals surface area contributed by atoms with Crippen LogP contribution >= 0.6 is 0 Å². The van der Waals surface area contributed by atoms with Crippen LogP contribution in [0.4, 0.5) is 0 Å². The molecule has 3 nitrogen and oxygen atoms in total. The Morgan fingerprint density at radius 2 is 2.06 bits per heavy atom. The average molecular weight is 219 g/mol. The number of carbonyl (C=O) groups is 2. The van der Waals surface area contributed by atoms with Gasteiger partial charge in [0.15, 0.2) is 0 Å². The number of nitrogens with one attached hydrogen (secondary N) is 1. The molecule has 16 heavy (non-hydrogen) atoms. The molecule has 0 radical (unpaired) electrons. The van der Waals surface area contributed by atoms with Crippen molar-refractivity contribution in [3.63, 3.8) is 0 Å². The van der Waals surface area contributed by atoms with Gasteiger partial charge in [-0.2, -0.15) is 0 Å². The van der Waals surface area contributed by atoms with Gasteiger partial charge in [-0.15, -0.1) is 0 Å². The van der Waals surface area contributed by atoms with Gasteiger partial charge in [-0.3, -0.25) is 14.9 Å². The third-order valence-corrected chi connectivity index (χ3v) is 2.57. The number of carbonyl (C=O) groups excluding carboxylic acids is 2. The van der Waals surface area contributed by atoms with Crippen LogP contribution in [0.1, 0.15) is 37.7 Å². The fourth-order valence-electron chi connectivity index (χ4n) is 1.70. The van der Waals surface area contributed by atoms with Gasteiger partial charge in [-0.05, 0) is 12.0 Å². The van der Waals surface area contributed by atoms with E-state index in [4.69, 9.17) is 0 Å². The second kappa shape index (κ2) is 6.77. The molecule has 0 aromatic heterocycles. The highest BCUT2D eigenvalue weighted by Gasteiger charge is 2.18. The molecule has 0 saturated carbocycles. The van der Waals surface area contributed by atoms with Crippen molar-refractivity contribution in [1.29, 1.82) is 0 Å². The van der Waals surface area contributed by atoms with Gasteiger partial charge in [0.05, 0.1) is 5.92 Å². The second-order valence-corrected chi connectivity index (χ2v) is 3.73. The molecule has 0 aliphatic carbocycles. The van der Waals surface area contributed by atoms with E-state index in [2.05, 4.69) is 12.2 Å². The number of unbranched alkanes of at least 4 members (excludes halogenated alkanes) is 1. The molecule has 0 aliphatic heterocycles. The standard InChI is InChI=1S/C13H17NO2/c1-2-3-9-12(13(16)14-10-15)11-7-5-4-6-8-11/h4-8,10,12H,2-3,9H2,1H3,(H,14,15,16). The summed E-state index contributed by atoms with van der Waals surface area (Å²) < 4.78 is 0. The molecule has 0 saturated heterocycles. The van der Waals surface area contributed by atoms with Gasteiger partial charge < -0.3 is 0 Å². The Balaban J connectivity index is 2.78. The third kappa shape index (κ3) is 3.50. The van der Waals surface area contributed by atoms with Crippen molar-refractivity contribution in [1.82, 2.24) is 5.32 Å². The van der Waals surface area contributed by atoms with Crippen LogP contribution < -0.4 is 5.32 Å². The first-order valence-electron chi connectivity index (χ1n) is 5.58. The maximum atomic E-state index is 11.7. The maximum absolute atomic E-state index is 11.7. The zero-order valence-corrected chi connectivity index (χ0v) is 9.48. The predicted molar refractivity (Wildman–Crippen MR) is 62.9 cm³/mol. The third-order valence-electron chi connectivity index (χ3n) is 2.57. The Morgan fingerprint density at radius 3 is 2.62 bits per heavy atom. The molecule has 1 atom stereocenters. The smallest absolute Gasteiger partial charge is 0.233 e. The van der Waals surface area contributed by atoms with Crippen LogP contribution in [0.15, 0.2) is 30.3 Å². The van der Waals surface area contributed by atoms with Crippen molar-refractivity contribution in [3.8, 4) is 0 Å². The van der Waals surface area contributed by atoms with E-state index < -0.39 is 0 Å². The summed E-state index contributed by atoms with van der Waals surface area (Å²) in [5.41, 5.74) is 0.968. The summed E-state index contributed by atoms with van der Waals surface area (Å²) in [6, 6.07) is 9.57. The van der Waals surface area contributed by atoms with Crippen molar-refractivity contribution in [2.75, 3.05) is 0 Å². The summed E-state index contributed by atoms with van der Waals surface area (Å²) in [7, 11) is 0. The monoisotopic (exact) mass is 219 g/mol. The van der Waals surface area contributed by atoms with E-state index in [0.29, 0.717) is 6.41 Å². The Kier molecular flexibility index (Phi) is 5.26. The minimum absolute atomic E-state index is 0.213. The van der Waals surface area contributed by atoms with Gasteiger partial charge in [-0.1, -0.05) is 50.1 Å². The number of imide groups is 1. The molecule has 0 aliphatic rings. The highest BCUT2D eigenvalue weighted by molar-refractivity contribution is 5.91. The lowest BCUT2D eigenvalue weighted by atomic mass is 9.93. The van der Waals surface area contributed by atoms with E-state index in [0.717, 1.165) is 24.8 Å². The van der Waals surface area contributed by atoms with Crippen LogP contribution in [-0.2, 0) is 9.59 Å². The topological polar surface area (TPSA) is 46.2 Å². The summed E-state index contributed by atoms with van der Waals surface area (Å²) in [6.07, 6.45) is 3.24. The zero-order chi connectivity index (χ0) is 11.8. The van der Waals surface area contributed by atoms with Gasteiger partial charge >= 0.3 is 0 Å². The van der Waals surface area contributed by atoms with E-state index in [9.17, 15) is 9.59 Å². The highest BCUT2D eigenvalue weighted by atomic mass is 16.2. The summed E-state index contributed by atoms with van der Waals surface area (Å²) in [4.78, 5) is 22.0. The normalized spacial score (nSPS) is 11.8. The molecule has 1 unspecified atom stereocenters. The largest absolute Gasteiger partial charge is 0.299 e. The number of amides is 2. The SMILES string of the molecule is CCCCC(C(=O)NC=O)c1ccccc1. The van der Waals surface area contributed by atoms with Crippen molar-refractivity contribution in [2.24, 2.45) is 0 Å². The fraction of sp³-hybridized carbons (Fsp3) is 0.385. The van der Waals surface area contributed by atoms with Crippen molar-refractivity contribution in [2.45, 2.75) is 32.1 Å². The second-order valence-electron chi connectivity index (χ2n) is 3.73. The first-order valence-corrected chi connectivity index (χ1v) is 5.58. The molecular weight excluding hydrogens is 202 g/mol. The van der Waals surface area contributed by atoms with Crippen molar-refractivity contribution in [3.05, 3.63) is 35.9 Å². The van der Waals surface area contributed by atoms with Crippen LogP contribution in [0.25, 0.3) is 0 Å². The predicted octanol–water partition coefficient (Wildman–Crippen LogP) is 2.23. The molecule has 86 valence electrons. The molecule has 1 N–H and O–H groups in total. The van der Waals surface area contributed by atoms with Gasteiger partial charge in [0, 0.05) is 0 Å². The molecule has 0 spiro atoms. The lowest BCUT2D eigenvalue weighted by molar-refractivity contribution is -0.126. The van der Waals surface area contributed by atoms with Gasteiger partial charge in [0.25, 0.3) is 0 Å². The number of rotatable bonds is 6. The van der Waals surface area contributed by atoms with Gasteiger partial charge in [0.1, 0.15) is 0 Å². The van der Waals surface area contributed by atoms with Crippen molar-refractivity contribution >= 4 is 12.3 Å². The van der Waals surface area contributed by atoms with E-state index in [-0.39, 0.29) is 11.8 Å².